The molecule has 0 fully saturated rings. The van der Waals surface area contributed by atoms with E-state index in [0.29, 0.717) is 11.5 Å². The maximum atomic E-state index is 12.1. The lowest BCUT2D eigenvalue weighted by Crippen LogP contribution is -2.27. The second-order valence-corrected chi connectivity index (χ2v) is 10.2. The number of rotatable bonds is 2. The number of aromatic hydroxyl groups is 1. The summed E-state index contributed by atoms with van der Waals surface area (Å²) in [5, 5.41) is 10.3. The van der Waals surface area contributed by atoms with Gasteiger partial charge >= 0.3 is 5.97 Å². The number of benzene rings is 2. The average molecular weight is 379 g/mol. The molecule has 3 heteroatoms. The fourth-order valence-corrected chi connectivity index (χ4v) is 5.61. The third-order valence-corrected chi connectivity index (χ3v) is 6.66. The molecule has 3 nitrogen and oxygen atoms in total. The molecule has 0 heterocycles. The summed E-state index contributed by atoms with van der Waals surface area (Å²) < 4.78 is 5.65. The lowest BCUT2D eigenvalue weighted by molar-refractivity contribution is -0.137. The summed E-state index contributed by atoms with van der Waals surface area (Å²) in [5.41, 5.74) is 4.93. The van der Waals surface area contributed by atoms with Crippen molar-refractivity contribution in [2.75, 3.05) is 0 Å². The Bertz CT molecular complexity index is 964. The lowest BCUT2D eigenvalue weighted by Gasteiger charge is -2.30. The minimum absolute atomic E-state index is 0.0130. The van der Waals surface area contributed by atoms with Crippen molar-refractivity contribution in [3.05, 3.63) is 58.7 Å². The van der Waals surface area contributed by atoms with Gasteiger partial charge in [0.25, 0.3) is 0 Å². The van der Waals surface area contributed by atoms with Crippen LogP contribution in [0.5, 0.6) is 11.5 Å². The number of hydrogen-bond donors (Lipinski definition) is 1. The quantitative estimate of drug-likeness (QED) is 0.546. The molecule has 1 N–H and O–H groups in total. The van der Waals surface area contributed by atoms with Gasteiger partial charge in [0.15, 0.2) is 0 Å². The zero-order valence-electron chi connectivity index (χ0n) is 17.7. The van der Waals surface area contributed by atoms with E-state index in [-0.39, 0.29) is 28.1 Å². The predicted molar refractivity (Wildman–Crippen MR) is 111 cm³/mol. The molecular formula is C25H30O3. The Morgan fingerprint density at radius 1 is 0.893 bits per heavy atom. The Hall–Kier alpha value is -2.29. The van der Waals surface area contributed by atoms with Crippen molar-refractivity contribution in [1.29, 1.82) is 0 Å². The number of phenols is 1. The van der Waals surface area contributed by atoms with Crippen molar-refractivity contribution < 1.29 is 14.6 Å². The molecule has 0 saturated heterocycles. The van der Waals surface area contributed by atoms with Crippen LogP contribution in [-0.4, -0.2) is 11.1 Å². The van der Waals surface area contributed by atoms with E-state index in [1.807, 2.05) is 26.0 Å². The Morgan fingerprint density at radius 2 is 1.43 bits per heavy atom. The van der Waals surface area contributed by atoms with Crippen LogP contribution in [0.4, 0.5) is 0 Å². The lowest BCUT2D eigenvalue weighted by atomic mass is 9.72. The number of fused-ring (bicyclic) bond motifs is 4. The molecule has 1 spiro atoms. The molecule has 28 heavy (non-hydrogen) atoms. The van der Waals surface area contributed by atoms with Gasteiger partial charge in [0, 0.05) is 5.41 Å². The summed E-state index contributed by atoms with van der Waals surface area (Å²) in [7, 11) is 0. The Morgan fingerprint density at radius 3 is 2.00 bits per heavy atom. The molecule has 0 bridgehead atoms. The maximum absolute atomic E-state index is 12.1. The summed E-state index contributed by atoms with van der Waals surface area (Å²) in [4.78, 5) is 12.1. The normalized spacial score (nSPS) is 23.7. The molecule has 0 saturated carbocycles. The van der Waals surface area contributed by atoms with Crippen molar-refractivity contribution in [3.63, 3.8) is 0 Å². The number of ether oxygens (including phenoxy) is 1. The molecule has 0 amide bonds. The highest BCUT2D eigenvalue weighted by molar-refractivity contribution is 5.74. The number of hydrogen-bond acceptors (Lipinski definition) is 3. The molecule has 0 aromatic heterocycles. The van der Waals surface area contributed by atoms with Gasteiger partial charge < -0.3 is 9.84 Å². The van der Waals surface area contributed by atoms with Crippen molar-refractivity contribution in [1.82, 2.24) is 0 Å². The van der Waals surface area contributed by atoms with Crippen LogP contribution < -0.4 is 4.74 Å². The highest BCUT2D eigenvalue weighted by atomic mass is 16.5. The van der Waals surface area contributed by atoms with Crippen LogP contribution in [0.1, 0.15) is 76.6 Å². The van der Waals surface area contributed by atoms with Crippen LogP contribution in [0.25, 0.3) is 0 Å². The van der Waals surface area contributed by atoms with Gasteiger partial charge in [0.05, 0.1) is 5.92 Å². The van der Waals surface area contributed by atoms with Crippen LogP contribution in [-0.2, 0) is 21.0 Å². The van der Waals surface area contributed by atoms with Gasteiger partial charge in [-0.1, -0.05) is 53.7 Å². The number of carbonyl (C=O) groups is 1. The van der Waals surface area contributed by atoms with Crippen LogP contribution in [0.3, 0.4) is 0 Å². The Kier molecular flexibility index (Phi) is 3.98. The number of esters is 1. The van der Waals surface area contributed by atoms with Gasteiger partial charge in [-0.25, -0.2) is 0 Å². The smallest absolute Gasteiger partial charge is 0.313 e. The zero-order valence-corrected chi connectivity index (χ0v) is 17.7. The van der Waals surface area contributed by atoms with Crippen molar-refractivity contribution >= 4 is 5.97 Å². The van der Waals surface area contributed by atoms with Gasteiger partial charge in [-0.15, -0.1) is 0 Å². The summed E-state index contributed by atoms with van der Waals surface area (Å²) in [6.07, 6.45) is 1.97. The minimum Gasteiger partial charge on any atom is -0.508 e. The first-order valence-corrected chi connectivity index (χ1v) is 10.2. The molecule has 1 unspecified atom stereocenters. The van der Waals surface area contributed by atoms with Crippen LogP contribution in [0.2, 0.25) is 0 Å². The first-order chi connectivity index (χ1) is 13.0. The molecule has 2 aromatic carbocycles. The van der Waals surface area contributed by atoms with Crippen LogP contribution in [0, 0.1) is 5.92 Å². The van der Waals surface area contributed by atoms with E-state index < -0.39 is 0 Å². The molecular weight excluding hydrogens is 348 g/mol. The fourth-order valence-electron chi connectivity index (χ4n) is 5.61. The predicted octanol–water partition coefficient (Wildman–Crippen LogP) is 5.60. The van der Waals surface area contributed by atoms with E-state index in [0.717, 1.165) is 12.8 Å². The van der Waals surface area contributed by atoms with E-state index >= 15 is 0 Å². The summed E-state index contributed by atoms with van der Waals surface area (Å²) in [6.45, 7) is 12.8. The highest BCUT2D eigenvalue weighted by Crippen LogP contribution is 2.63. The third-order valence-electron chi connectivity index (χ3n) is 6.66. The van der Waals surface area contributed by atoms with E-state index in [1.165, 1.54) is 22.3 Å². The van der Waals surface area contributed by atoms with Gasteiger partial charge in [-0.05, 0) is 70.2 Å². The number of carbonyl (C=O) groups excluding carboxylic acids is 1. The highest BCUT2D eigenvalue weighted by Gasteiger charge is 2.56. The van der Waals surface area contributed by atoms with E-state index in [2.05, 4.69) is 45.9 Å². The molecule has 148 valence electrons. The monoisotopic (exact) mass is 378 g/mol. The van der Waals surface area contributed by atoms with Gasteiger partial charge in [0.1, 0.15) is 11.5 Å². The molecule has 4 rings (SSSR count). The molecule has 2 aliphatic carbocycles. The van der Waals surface area contributed by atoms with Gasteiger partial charge in [-0.2, -0.15) is 0 Å². The fraction of sp³-hybridized carbons (Fsp3) is 0.480. The Labute approximate surface area is 167 Å². The summed E-state index contributed by atoms with van der Waals surface area (Å²) >= 11 is 0. The largest absolute Gasteiger partial charge is 0.508 e. The topological polar surface area (TPSA) is 46.5 Å². The first kappa shape index (κ1) is 19.0. The van der Waals surface area contributed by atoms with Gasteiger partial charge in [0.2, 0.25) is 0 Å². The maximum Gasteiger partial charge on any atom is 0.313 e. The van der Waals surface area contributed by atoms with Gasteiger partial charge in [-0.3, -0.25) is 4.79 Å². The Balaban J connectivity index is 1.91. The van der Waals surface area contributed by atoms with Crippen molar-refractivity contribution in [3.8, 4) is 11.5 Å². The van der Waals surface area contributed by atoms with Crippen molar-refractivity contribution in [2.45, 2.75) is 70.6 Å². The molecule has 0 radical (unpaired) electrons. The molecule has 1 atom stereocenters. The van der Waals surface area contributed by atoms with E-state index in [9.17, 15) is 9.90 Å². The van der Waals surface area contributed by atoms with E-state index in [1.54, 1.807) is 6.07 Å². The number of phenolic OH excluding ortho intramolecular Hbond substituents is 1. The minimum atomic E-state index is -0.212. The summed E-state index contributed by atoms with van der Waals surface area (Å²) in [5.74, 6) is 0.545. The van der Waals surface area contributed by atoms with Crippen LogP contribution >= 0.6 is 0 Å². The first-order valence-electron chi connectivity index (χ1n) is 10.2. The zero-order chi connectivity index (χ0) is 20.5. The second-order valence-electron chi connectivity index (χ2n) is 10.2. The van der Waals surface area contributed by atoms with Crippen LogP contribution in [0.15, 0.2) is 36.4 Å². The standard InChI is InChI=1S/C25H30O3/c1-15(2)22(27)28-17-8-10-19-21(12-17)25(14-24(19,5)6)13-23(3,4)18-9-7-16(26)11-20(18)25/h7-12,15,26H,13-14H2,1-6H3. The third kappa shape index (κ3) is 2.67. The second kappa shape index (κ2) is 5.85. The summed E-state index contributed by atoms with van der Waals surface area (Å²) in [6, 6.07) is 11.9. The van der Waals surface area contributed by atoms with E-state index in [4.69, 9.17) is 4.74 Å². The molecule has 2 aromatic rings. The van der Waals surface area contributed by atoms with Crippen molar-refractivity contribution in [2.24, 2.45) is 5.92 Å². The SMILES string of the molecule is CC(C)C(=O)Oc1ccc2c(c1)C1(CC(C)(C)c3ccc(O)cc31)CC2(C)C. The molecule has 2 aliphatic rings. The average Bonchev–Trinajstić information content (AvgIpc) is 2.94. The molecule has 0 aliphatic heterocycles.